The molecule has 1 heterocycles. The number of carbonyl (C=O) groups is 1. The van der Waals surface area contributed by atoms with E-state index in [1.54, 1.807) is 55.5 Å². The standard InChI is InChI=1S/C24H17N5O3/c1-15(27-22-5-3-2-4-21(22)26-14-30)23-24(29(31)32)19-12-18(10-11-20(19)28-23)17-8-6-16(13-25)7-9-17/h2-12,14,28H,1H3,(H,26,30). The van der Waals surface area contributed by atoms with Gasteiger partial charge in [-0.15, -0.1) is 0 Å². The molecular formula is C24H17N5O3. The number of benzene rings is 3. The largest absolute Gasteiger partial charge is 0.348 e. The summed E-state index contributed by atoms with van der Waals surface area (Å²) in [5.41, 5.74) is 4.42. The van der Waals surface area contributed by atoms with Gasteiger partial charge in [-0.2, -0.15) is 5.26 Å². The quantitative estimate of drug-likeness (QED) is 0.188. The normalized spacial score (nSPS) is 11.2. The molecule has 2 N–H and O–H groups in total. The Morgan fingerprint density at radius 1 is 1.12 bits per heavy atom. The van der Waals surface area contributed by atoms with Crippen molar-refractivity contribution in [3.8, 4) is 17.2 Å². The molecule has 0 atom stereocenters. The van der Waals surface area contributed by atoms with Gasteiger partial charge in [-0.3, -0.25) is 14.9 Å². The number of nitro groups is 1. The van der Waals surface area contributed by atoms with Crippen molar-refractivity contribution < 1.29 is 9.72 Å². The Morgan fingerprint density at radius 2 is 1.84 bits per heavy atom. The Hall–Kier alpha value is -4.77. The topological polar surface area (TPSA) is 124 Å². The third-order valence-corrected chi connectivity index (χ3v) is 5.07. The molecule has 3 aromatic carbocycles. The van der Waals surface area contributed by atoms with E-state index in [2.05, 4.69) is 21.4 Å². The Kier molecular flexibility index (Phi) is 5.47. The summed E-state index contributed by atoms with van der Waals surface area (Å²) in [6, 6.07) is 21.5. The van der Waals surface area contributed by atoms with Crippen LogP contribution in [0.25, 0.3) is 22.0 Å². The zero-order valence-electron chi connectivity index (χ0n) is 17.0. The summed E-state index contributed by atoms with van der Waals surface area (Å²) in [5.74, 6) is 0. The van der Waals surface area contributed by atoms with Gasteiger partial charge in [0.25, 0.3) is 0 Å². The van der Waals surface area contributed by atoms with Crippen LogP contribution in [0.4, 0.5) is 17.1 Å². The van der Waals surface area contributed by atoms with Gasteiger partial charge in [0.15, 0.2) is 0 Å². The molecule has 32 heavy (non-hydrogen) atoms. The van der Waals surface area contributed by atoms with Gasteiger partial charge >= 0.3 is 5.69 Å². The Balaban J connectivity index is 1.83. The summed E-state index contributed by atoms with van der Waals surface area (Å²) >= 11 is 0. The molecule has 8 heteroatoms. The third-order valence-electron chi connectivity index (χ3n) is 5.07. The van der Waals surface area contributed by atoms with E-state index in [-0.39, 0.29) is 5.69 Å². The van der Waals surface area contributed by atoms with E-state index in [1.807, 2.05) is 18.2 Å². The SMILES string of the molecule is CC(=Nc1ccccc1NC=O)c1[nH]c2ccc(-c3ccc(C#N)cc3)cc2c1[N+](=O)[O-]. The van der Waals surface area contributed by atoms with E-state index in [0.717, 1.165) is 11.1 Å². The van der Waals surface area contributed by atoms with Gasteiger partial charge in [-0.1, -0.05) is 30.3 Å². The first kappa shape index (κ1) is 20.5. The number of aromatic amines is 1. The molecule has 0 aliphatic carbocycles. The summed E-state index contributed by atoms with van der Waals surface area (Å²) in [5, 5.41) is 24.0. The highest BCUT2D eigenvalue weighted by Crippen LogP contribution is 2.35. The second-order valence-electron chi connectivity index (χ2n) is 7.03. The molecule has 4 rings (SSSR count). The molecule has 1 aromatic heterocycles. The van der Waals surface area contributed by atoms with Crippen LogP contribution in [0, 0.1) is 21.4 Å². The summed E-state index contributed by atoms with van der Waals surface area (Å²) < 4.78 is 0. The Bertz CT molecular complexity index is 1410. The number of carbonyl (C=O) groups excluding carboxylic acids is 1. The van der Waals surface area contributed by atoms with Gasteiger partial charge in [0.2, 0.25) is 6.41 Å². The highest BCUT2D eigenvalue weighted by Gasteiger charge is 2.24. The monoisotopic (exact) mass is 423 g/mol. The average Bonchev–Trinajstić information content (AvgIpc) is 3.20. The van der Waals surface area contributed by atoms with Crippen LogP contribution in [0.5, 0.6) is 0 Å². The number of nitriles is 1. The lowest BCUT2D eigenvalue weighted by Gasteiger charge is -2.04. The summed E-state index contributed by atoms with van der Waals surface area (Å²) in [6.45, 7) is 1.68. The minimum Gasteiger partial charge on any atom is -0.348 e. The minimum absolute atomic E-state index is 0.0717. The van der Waals surface area contributed by atoms with Crippen molar-refractivity contribution in [2.45, 2.75) is 6.92 Å². The van der Waals surface area contributed by atoms with Crippen LogP contribution in [0.3, 0.4) is 0 Å². The molecule has 0 fully saturated rings. The van der Waals surface area contributed by atoms with Crippen molar-refractivity contribution in [2.75, 3.05) is 5.32 Å². The van der Waals surface area contributed by atoms with Crippen molar-refractivity contribution in [1.29, 1.82) is 5.26 Å². The number of anilines is 1. The fourth-order valence-corrected chi connectivity index (χ4v) is 3.54. The van der Waals surface area contributed by atoms with Crippen LogP contribution in [0.15, 0.2) is 71.7 Å². The predicted molar refractivity (Wildman–Crippen MR) is 123 cm³/mol. The van der Waals surface area contributed by atoms with Crippen molar-refractivity contribution >= 4 is 40.1 Å². The van der Waals surface area contributed by atoms with E-state index in [1.165, 1.54) is 0 Å². The molecule has 0 saturated heterocycles. The average molecular weight is 423 g/mol. The second-order valence-corrected chi connectivity index (χ2v) is 7.03. The number of hydrogen-bond donors (Lipinski definition) is 2. The number of H-pyrrole nitrogens is 1. The van der Waals surface area contributed by atoms with E-state index in [4.69, 9.17) is 5.26 Å². The smallest absolute Gasteiger partial charge is 0.303 e. The molecule has 8 nitrogen and oxygen atoms in total. The van der Waals surface area contributed by atoms with Crippen molar-refractivity contribution in [2.24, 2.45) is 4.99 Å². The molecule has 156 valence electrons. The Labute approximate surface area is 183 Å². The molecular weight excluding hydrogens is 406 g/mol. The second kappa shape index (κ2) is 8.53. The van der Waals surface area contributed by atoms with Crippen LogP contribution in [-0.4, -0.2) is 22.0 Å². The molecule has 4 aromatic rings. The molecule has 0 aliphatic rings. The van der Waals surface area contributed by atoms with Gasteiger partial charge in [0.1, 0.15) is 5.69 Å². The minimum atomic E-state index is -0.425. The highest BCUT2D eigenvalue weighted by atomic mass is 16.6. The van der Waals surface area contributed by atoms with Gasteiger partial charge in [0.05, 0.1) is 44.5 Å². The fraction of sp³-hybridized carbons (Fsp3) is 0.0417. The first-order valence-corrected chi connectivity index (χ1v) is 9.67. The van der Waals surface area contributed by atoms with E-state index in [0.29, 0.717) is 45.7 Å². The lowest BCUT2D eigenvalue weighted by molar-refractivity contribution is -0.383. The summed E-state index contributed by atoms with van der Waals surface area (Å²) in [4.78, 5) is 30.0. The van der Waals surface area contributed by atoms with Gasteiger partial charge in [-0.05, 0) is 54.4 Å². The number of nitrogens with zero attached hydrogens (tertiary/aromatic N) is 3. The fourth-order valence-electron chi connectivity index (χ4n) is 3.54. The Morgan fingerprint density at radius 3 is 2.53 bits per heavy atom. The van der Waals surface area contributed by atoms with Crippen molar-refractivity contribution in [1.82, 2.24) is 4.98 Å². The van der Waals surface area contributed by atoms with Gasteiger partial charge in [0, 0.05) is 0 Å². The van der Waals surface area contributed by atoms with Crippen LogP contribution < -0.4 is 5.32 Å². The van der Waals surface area contributed by atoms with Crippen LogP contribution in [0.2, 0.25) is 0 Å². The molecule has 1 amide bonds. The summed E-state index contributed by atoms with van der Waals surface area (Å²) in [7, 11) is 0. The maximum Gasteiger partial charge on any atom is 0.303 e. The molecule has 0 unspecified atom stereocenters. The summed E-state index contributed by atoms with van der Waals surface area (Å²) in [6.07, 6.45) is 0.555. The van der Waals surface area contributed by atoms with E-state index >= 15 is 0 Å². The molecule has 0 saturated carbocycles. The van der Waals surface area contributed by atoms with Crippen LogP contribution in [-0.2, 0) is 4.79 Å². The first-order chi connectivity index (χ1) is 15.5. The number of fused-ring (bicyclic) bond motifs is 1. The number of para-hydroxylation sites is 2. The number of aromatic nitrogens is 1. The third kappa shape index (κ3) is 3.82. The van der Waals surface area contributed by atoms with Gasteiger partial charge in [-0.25, -0.2) is 4.99 Å². The van der Waals surface area contributed by atoms with Crippen molar-refractivity contribution in [3.63, 3.8) is 0 Å². The molecule has 0 radical (unpaired) electrons. The number of rotatable bonds is 6. The predicted octanol–water partition coefficient (Wildman–Crippen LogP) is 5.32. The molecule has 0 bridgehead atoms. The zero-order valence-corrected chi connectivity index (χ0v) is 17.0. The first-order valence-electron chi connectivity index (χ1n) is 9.67. The molecule has 0 aliphatic heterocycles. The lowest BCUT2D eigenvalue weighted by atomic mass is 10.0. The van der Waals surface area contributed by atoms with Crippen LogP contribution in [0.1, 0.15) is 18.2 Å². The number of hydrogen-bond acceptors (Lipinski definition) is 5. The number of aliphatic imine (C=N–C) groups is 1. The maximum absolute atomic E-state index is 12.0. The number of nitrogens with one attached hydrogen (secondary N) is 2. The highest BCUT2D eigenvalue weighted by molar-refractivity contribution is 6.10. The zero-order chi connectivity index (χ0) is 22.7. The van der Waals surface area contributed by atoms with E-state index in [9.17, 15) is 14.9 Å². The maximum atomic E-state index is 12.0. The van der Waals surface area contributed by atoms with Gasteiger partial charge < -0.3 is 10.3 Å². The van der Waals surface area contributed by atoms with Crippen LogP contribution >= 0.6 is 0 Å². The van der Waals surface area contributed by atoms with Crippen molar-refractivity contribution in [3.05, 3.63) is 88.1 Å². The molecule has 0 spiro atoms. The number of amides is 1. The van der Waals surface area contributed by atoms with E-state index < -0.39 is 4.92 Å². The lowest BCUT2D eigenvalue weighted by Crippen LogP contribution is -2.01.